The summed E-state index contributed by atoms with van der Waals surface area (Å²) in [4.78, 5) is 4.19. The maximum Gasteiger partial charge on any atom is 0.0931 e. The van der Waals surface area contributed by atoms with Gasteiger partial charge in [0.05, 0.1) is 4.34 Å². The molecule has 2 atom stereocenters. The van der Waals surface area contributed by atoms with Crippen molar-refractivity contribution in [3.8, 4) is 0 Å². The highest BCUT2D eigenvalue weighted by Gasteiger charge is 2.39. The number of fused-ring (bicyclic) bond motifs is 2. The molecule has 0 saturated carbocycles. The lowest BCUT2D eigenvalue weighted by Crippen LogP contribution is -2.49. The predicted molar refractivity (Wildman–Crippen MR) is 83.2 cm³/mol. The molecule has 2 bridgehead atoms. The summed E-state index contributed by atoms with van der Waals surface area (Å²) in [6.07, 6.45) is 6.65. The van der Waals surface area contributed by atoms with Crippen molar-refractivity contribution in [2.75, 3.05) is 13.1 Å². The van der Waals surface area contributed by atoms with Crippen molar-refractivity contribution in [3.05, 3.63) is 21.3 Å². The first-order valence-electron chi connectivity index (χ1n) is 7.49. The van der Waals surface area contributed by atoms with Crippen molar-refractivity contribution >= 4 is 22.9 Å². The summed E-state index contributed by atoms with van der Waals surface area (Å²) in [6, 6.07) is 6.60. The van der Waals surface area contributed by atoms with Crippen LogP contribution in [0.15, 0.2) is 12.1 Å². The van der Waals surface area contributed by atoms with Crippen molar-refractivity contribution < 1.29 is 0 Å². The number of nitrogens with zero attached hydrogens (tertiary/aromatic N) is 1. The predicted octanol–water partition coefficient (Wildman–Crippen LogP) is 3.55. The van der Waals surface area contributed by atoms with Crippen LogP contribution in [0.2, 0.25) is 4.34 Å². The van der Waals surface area contributed by atoms with Gasteiger partial charge in [-0.15, -0.1) is 11.3 Å². The summed E-state index contributed by atoms with van der Waals surface area (Å²) in [7, 11) is 0. The van der Waals surface area contributed by atoms with E-state index in [-0.39, 0.29) is 0 Å². The van der Waals surface area contributed by atoms with E-state index in [0.29, 0.717) is 0 Å². The van der Waals surface area contributed by atoms with Crippen molar-refractivity contribution in [1.29, 1.82) is 0 Å². The highest BCUT2D eigenvalue weighted by atomic mass is 35.5. The largest absolute Gasteiger partial charge is 0.314 e. The molecule has 0 amide bonds. The molecule has 2 unspecified atom stereocenters. The molecule has 1 aromatic heterocycles. The smallest absolute Gasteiger partial charge is 0.0931 e. The number of rotatable bonds is 5. The Morgan fingerprint density at radius 3 is 2.63 bits per heavy atom. The van der Waals surface area contributed by atoms with Gasteiger partial charge in [0.2, 0.25) is 0 Å². The first-order valence-corrected chi connectivity index (χ1v) is 8.69. The van der Waals surface area contributed by atoms with Crippen LogP contribution in [0.25, 0.3) is 0 Å². The van der Waals surface area contributed by atoms with Gasteiger partial charge in [-0.05, 0) is 50.8 Å². The molecule has 2 aliphatic heterocycles. The molecule has 0 radical (unpaired) electrons. The van der Waals surface area contributed by atoms with Gasteiger partial charge in [-0.2, -0.15) is 0 Å². The number of thiophene rings is 1. The van der Waals surface area contributed by atoms with E-state index in [2.05, 4.69) is 23.2 Å². The Morgan fingerprint density at radius 1 is 1.32 bits per heavy atom. The fourth-order valence-electron chi connectivity index (χ4n) is 3.82. The number of hydrogen-bond donors (Lipinski definition) is 1. The van der Waals surface area contributed by atoms with Crippen LogP contribution in [0.3, 0.4) is 0 Å². The summed E-state index contributed by atoms with van der Waals surface area (Å²) in [5.41, 5.74) is 0. The number of nitrogens with one attached hydrogen (secondary N) is 1. The second-order valence-corrected chi connectivity index (χ2v) is 7.60. The number of piperidine rings is 1. The molecule has 0 aliphatic carbocycles. The summed E-state index contributed by atoms with van der Waals surface area (Å²) >= 11 is 7.74. The zero-order valence-corrected chi connectivity index (χ0v) is 13.1. The van der Waals surface area contributed by atoms with E-state index in [9.17, 15) is 0 Å². The molecular weight excluding hydrogens is 276 g/mol. The second kappa shape index (κ2) is 6.13. The molecule has 0 aromatic carbocycles. The summed E-state index contributed by atoms with van der Waals surface area (Å²) < 4.78 is 0.920. The first kappa shape index (κ1) is 13.9. The Labute approximate surface area is 125 Å². The average Bonchev–Trinajstić information content (AvgIpc) is 2.89. The van der Waals surface area contributed by atoms with Gasteiger partial charge in [0.25, 0.3) is 0 Å². The van der Waals surface area contributed by atoms with Gasteiger partial charge >= 0.3 is 0 Å². The van der Waals surface area contributed by atoms with Crippen molar-refractivity contribution in [3.63, 3.8) is 0 Å². The van der Waals surface area contributed by atoms with Crippen LogP contribution in [-0.4, -0.2) is 36.1 Å². The maximum atomic E-state index is 6.00. The minimum atomic E-state index is 0.759. The van der Waals surface area contributed by atoms with Gasteiger partial charge in [-0.3, -0.25) is 4.90 Å². The summed E-state index contributed by atoms with van der Waals surface area (Å²) in [5.74, 6) is 0. The normalized spacial score (nSPS) is 30.9. The van der Waals surface area contributed by atoms with E-state index in [1.54, 1.807) is 11.3 Å². The van der Waals surface area contributed by atoms with Crippen LogP contribution in [0.1, 0.15) is 37.5 Å². The van der Waals surface area contributed by atoms with E-state index in [0.717, 1.165) is 35.4 Å². The molecule has 2 nitrogen and oxygen atoms in total. The van der Waals surface area contributed by atoms with Gasteiger partial charge in [-0.25, -0.2) is 0 Å². The third-order valence-electron chi connectivity index (χ3n) is 4.62. The zero-order valence-electron chi connectivity index (χ0n) is 11.6. The highest BCUT2D eigenvalue weighted by molar-refractivity contribution is 7.16. The van der Waals surface area contributed by atoms with Crippen LogP contribution >= 0.6 is 22.9 Å². The Bertz CT molecular complexity index is 406. The fourth-order valence-corrected chi connectivity index (χ4v) is 4.90. The van der Waals surface area contributed by atoms with Crippen LogP contribution in [0.4, 0.5) is 0 Å². The van der Waals surface area contributed by atoms with Crippen LogP contribution in [0, 0.1) is 0 Å². The fraction of sp³-hybridized carbons (Fsp3) is 0.733. The molecule has 19 heavy (non-hydrogen) atoms. The van der Waals surface area contributed by atoms with E-state index in [4.69, 9.17) is 11.6 Å². The van der Waals surface area contributed by atoms with Crippen molar-refractivity contribution in [2.24, 2.45) is 0 Å². The zero-order chi connectivity index (χ0) is 13.2. The first-order chi connectivity index (χ1) is 9.26. The molecule has 2 fully saturated rings. The third-order valence-corrected chi connectivity index (χ3v) is 5.91. The van der Waals surface area contributed by atoms with Crippen molar-refractivity contribution in [2.45, 2.75) is 57.2 Å². The van der Waals surface area contributed by atoms with Gasteiger partial charge in [0.1, 0.15) is 0 Å². The molecule has 106 valence electrons. The molecule has 0 spiro atoms. The Hall–Kier alpha value is -0.0900. The highest BCUT2D eigenvalue weighted by Crippen LogP contribution is 2.36. The van der Waals surface area contributed by atoms with Crippen molar-refractivity contribution in [1.82, 2.24) is 10.2 Å². The van der Waals surface area contributed by atoms with Gasteiger partial charge in [0, 0.05) is 29.5 Å². The quantitative estimate of drug-likeness (QED) is 0.894. The summed E-state index contributed by atoms with van der Waals surface area (Å²) in [5, 5.41) is 3.64. The summed E-state index contributed by atoms with van der Waals surface area (Å²) in [6.45, 7) is 4.54. The third kappa shape index (κ3) is 3.15. The lowest BCUT2D eigenvalue weighted by atomic mass is 9.97. The molecule has 1 N–H and O–H groups in total. The monoisotopic (exact) mass is 298 g/mol. The number of hydrogen-bond acceptors (Lipinski definition) is 3. The topological polar surface area (TPSA) is 15.3 Å². The molecular formula is C15H23ClN2S. The van der Waals surface area contributed by atoms with Crippen LogP contribution < -0.4 is 5.32 Å². The standard InChI is InChI=1S/C15H23ClN2S/c1-2-17-11-9-12-3-4-13(10-11)18(12)8-7-14-5-6-15(16)19-14/h5-6,11-13,17H,2-4,7-10H2,1H3. The van der Waals surface area contributed by atoms with E-state index in [1.807, 2.05) is 6.07 Å². The second-order valence-electron chi connectivity index (χ2n) is 5.80. The average molecular weight is 299 g/mol. The molecule has 1 aromatic rings. The Kier molecular flexibility index (Phi) is 4.47. The minimum absolute atomic E-state index is 0.759. The van der Waals surface area contributed by atoms with E-state index < -0.39 is 0 Å². The van der Waals surface area contributed by atoms with E-state index in [1.165, 1.54) is 37.1 Å². The molecule has 3 heterocycles. The molecule has 3 rings (SSSR count). The van der Waals surface area contributed by atoms with Gasteiger partial charge in [-0.1, -0.05) is 18.5 Å². The van der Waals surface area contributed by atoms with E-state index >= 15 is 0 Å². The lowest BCUT2D eigenvalue weighted by Gasteiger charge is -2.39. The lowest BCUT2D eigenvalue weighted by molar-refractivity contribution is 0.119. The minimum Gasteiger partial charge on any atom is -0.314 e. The Morgan fingerprint density at radius 2 is 2.05 bits per heavy atom. The number of halogens is 1. The van der Waals surface area contributed by atoms with Crippen LogP contribution in [-0.2, 0) is 6.42 Å². The Balaban J connectivity index is 1.55. The van der Waals surface area contributed by atoms with Gasteiger partial charge in [0.15, 0.2) is 0 Å². The maximum absolute atomic E-state index is 6.00. The molecule has 2 saturated heterocycles. The van der Waals surface area contributed by atoms with Crippen LogP contribution in [0.5, 0.6) is 0 Å². The SMILES string of the molecule is CCNC1CC2CCC(C1)N2CCc1ccc(Cl)s1. The molecule has 4 heteroatoms. The van der Waals surface area contributed by atoms with Gasteiger partial charge < -0.3 is 5.32 Å². The molecule has 2 aliphatic rings.